The largest absolute Gasteiger partial charge is 0.488 e. The number of hydrogen-bond acceptors (Lipinski definition) is 6. The van der Waals surface area contributed by atoms with Crippen molar-refractivity contribution in [1.29, 1.82) is 5.26 Å². The highest BCUT2D eigenvalue weighted by molar-refractivity contribution is 7.15. The predicted octanol–water partition coefficient (Wildman–Crippen LogP) is 4.93. The molecule has 1 amide bonds. The van der Waals surface area contributed by atoms with Crippen molar-refractivity contribution in [1.82, 2.24) is 10.2 Å². The first kappa shape index (κ1) is 21.1. The number of nitriles is 1. The summed E-state index contributed by atoms with van der Waals surface area (Å²) in [7, 11) is 0. The number of carbonyl (C=O) groups excluding carboxylic acids is 1. The number of ether oxygens (including phenoxy) is 1. The lowest BCUT2D eigenvalue weighted by atomic mass is 10.1. The van der Waals surface area contributed by atoms with Crippen LogP contribution in [0.2, 0.25) is 0 Å². The Morgan fingerprint density at radius 1 is 1.23 bits per heavy atom. The van der Waals surface area contributed by atoms with E-state index in [2.05, 4.69) is 15.5 Å². The Morgan fingerprint density at radius 2 is 1.97 bits per heavy atom. The fourth-order valence-corrected chi connectivity index (χ4v) is 3.20. The second kappa shape index (κ2) is 9.76. The zero-order valence-electron chi connectivity index (χ0n) is 16.4. The highest BCUT2D eigenvalue weighted by Crippen LogP contribution is 2.25. The minimum Gasteiger partial charge on any atom is -0.488 e. The number of nitrogens with one attached hydrogen (secondary N) is 1. The smallest absolute Gasteiger partial charge is 0.268 e. The molecule has 0 unspecified atom stereocenters. The number of benzene rings is 2. The Bertz CT molecular complexity index is 1100. The van der Waals surface area contributed by atoms with Crippen LogP contribution in [-0.4, -0.2) is 16.1 Å². The van der Waals surface area contributed by atoms with Gasteiger partial charge in [-0.15, -0.1) is 10.2 Å². The molecule has 0 aliphatic carbocycles. The van der Waals surface area contributed by atoms with E-state index in [0.29, 0.717) is 16.4 Å². The Kier molecular flexibility index (Phi) is 6.88. The van der Waals surface area contributed by atoms with Crippen LogP contribution in [0.15, 0.2) is 54.1 Å². The van der Waals surface area contributed by atoms with Crippen LogP contribution in [0.4, 0.5) is 9.52 Å². The fourth-order valence-electron chi connectivity index (χ4n) is 2.46. The van der Waals surface area contributed by atoms with Crippen molar-refractivity contribution in [3.63, 3.8) is 0 Å². The maximum absolute atomic E-state index is 13.0. The lowest BCUT2D eigenvalue weighted by Crippen LogP contribution is -2.13. The maximum atomic E-state index is 13.0. The third-order valence-corrected chi connectivity index (χ3v) is 5.19. The first-order valence-electron chi connectivity index (χ1n) is 9.19. The van der Waals surface area contributed by atoms with Gasteiger partial charge < -0.3 is 4.74 Å². The summed E-state index contributed by atoms with van der Waals surface area (Å²) in [6, 6.07) is 15.0. The van der Waals surface area contributed by atoms with Crippen molar-refractivity contribution in [2.45, 2.75) is 26.4 Å². The van der Waals surface area contributed by atoms with Crippen molar-refractivity contribution in [2.75, 3.05) is 5.32 Å². The van der Waals surface area contributed by atoms with Gasteiger partial charge in [-0.1, -0.05) is 55.5 Å². The standard InChI is InChI=1S/C22H19FN4O2S/c1-14(2)21-26-27-22(30-21)25-20(28)17(12-24)11-16-5-3-4-6-19(16)29-13-15-7-9-18(23)10-8-15/h3-11,14H,13H2,1-2H3,(H,25,27,28)/b17-11-. The first-order chi connectivity index (χ1) is 14.5. The Balaban J connectivity index is 1.75. The Hall–Kier alpha value is -3.57. The van der Waals surface area contributed by atoms with E-state index in [4.69, 9.17) is 4.74 Å². The number of aromatic nitrogens is 2. The number of rotatable bonds is 7. The Labute approximate surface area is 177 Å². The Morgan fingerprint density at radius 3 is 2.63 bits per heavy atom. The van der Waals surface area contributed by atoms with Crippen LogP contribution in [0.3, 0.4) is 0 Å². The van der Waals surface area contributed by atoms with E-state index in [1.165, 1.54) is 29.5 Å². The number of carbonyl (C=O) groups is 1. The quantitative estimate of drug-likeness (QED) is 0.431. The highest BCUT2D eigenvalue weighted by Gasteiger charge is 2.15. The fraction of sp³-hybridized carbons (Fsp3) is 0.182. The number of hydrogen-bond donors (Lipinski definition) is 1. The van der Waals surface area contributed by atoms with Gasteiger partial charge in [0.25, 0.3) is 5.91 Å². The zero-order valence-corrected chi connectivity index (χ0v) is 17.2. The van der Waals surface area contributed by atoms with Crippen LogP contribution in [0, 0.1) is 17.1 Å². The van der Waals surface area contributed by atoms with Crippen molar-refractivity contribution in [3.05, 3.63) is 76.1 Å². The summed E-state index contributed by atoms with van der Waals surface area (Å²) >= 11 is 1.27. The second-order valence-corrected chi connectivity index (χ2v) is 7.69. The van der Waals surface area contributed by atoms with Crippen LogP contribution in [0.5, 0.6) is 5.75 Å². The van der Waals surface area contributed by atoms with Crippen LogP contribution < -0.4 is 10.1 Å². The number of anilines is 1. The average molecular weight is 422 g/mol. The molecule has 1 aromatic heterocycles. The van der Waals surface area contributed by atoms with Crippen LogP contribution >= 0.6 is 11.3 Å². The molecule has 0 saturated heterocycles. The van der Waals surface area contributed by atoms with E-state index >= 15 is 0 Å². The van der Waals surface area contributed by atoms with E-state index in [-0.39, 0.29) is 23.9 Å². The molecule has 2 aromatic carbocycles. The third kappa shape index (κ3) is 5.49. The molecule has 0 aliphatic rings. The normalized spacial score (nSPS) is 11.2. The van der Waals surface area contributed by atoms with Crippen molar-refractivity contribution in [2.24, 2.45) is 0 Å². The minimum atomic E-state index is -0.572. The number of halogens is 1. The summed E-state index contributed by atoms with van der Waals surface area (Å²) in [5.74, 6) is -0.190. The molecule has 8 heteroatoms. The monoisotopic (exact) mass is 422 g/mol. The van der Waals surface area contributed by atoms with Gasteiger partial charge in [0.15, 0.2) is 0 Å². The summed E-state index contributed by atoms with van der Waals surface area (Å²) in [4.78, 5) is 12.5. The summed E-state index contributed by atoms with van der Waals surface area (Å²) in [6.07, 6.45) is 1.46. The molecule has 0 spiro atoms. The molecule has 1 N–H and O–H groups in total. The average Bonchev–Trinajstić information content (AvgIpc) is 3.21. The number of nitrogens with zero attached hydrogens (tertiary/aromatic N) is 3. The molecule has 0 fully saturated rings. The van der Waals surface area contributed by atoms with Gasteiger partial charge in [-0.25, -0.2) is 4.39 Å². The van der Waals surface area contributed by atoms with Crippen LogP contribution in [0.25, 0.3) is 6.08 Å². The van der Waals surface area contributed by atoms with Crippen molar-refractivity contribution in [3.8, 4) is 11.8 Å². The minimum absolute atomic E-state index is 0.0888. The molecule has 30 heavy (non-hydrogen) atoms. The molecule has 0 bridgehead atoms. The highest BCUT2D eigenvalue weighted by atomic mass is 32.1. The summed E-state index contributed by atoms with van der Waals surface area (Å²) in [5, 5.41) is 21.2. The molecular formula is C22H19FN4O2S. The zero-order chi connectivity index (χ0) is 21.5. The SMILES string of the molecule is CC(C)c1nnc(NC(=O)/C(C#N)=C\c2ccccc2OCc2ccc(F)cc2)s1. The summed E-state index contributed by atoms with van der Waals surface area (Å²) in [6.45, 7) is 4.19. The molecule has 0 atom stereocenters. The van der Waals surface area contributed by atoms with E-state index in [9.17, 15) is 14.4 Å². The lowest BCUT2D eigenvalue weighted by molar-refractivity contribution is -0.112. The number of para-hydroxylation sites is 1. The first-order valence-corrected chi connectivity index (χ1v) is 10.0. The van der Waals surface area contributed by atoms with E-state index in [0.717, 1.165) is 10.6 Å². The van der Waals surface area contributed by atoms with E-state index in [1.54, 1.807) is 36.4 Å². The molecule has 3 rings (SSSR count). The molecule has 3 aromatic rings. The van der Waals surface area contributed by atoms with Gasteiger partial charge in [0.05, 0.1) is 0 Å². The molecule has 1 heterocycles. The molecule has 6 nitrogen and oxygen atoms in total. The molecule has 0 aliphatic heterocycles. The summed E-state index contributed by atoms with van der Waals surface area (Å²) in [5.41, 5.74) is 1.28. The molecule has 0 radical (unpaired) electrons. The van der Waals surface area contributed by atoms with Gasteiger partial charge in [-0.2, -0.15) is 5.26 Å². The van der Waals surface area contributed by atoms with Crippen LogP contribution in [-0.2, 0) is 11.4 Å². The summed E-state index contributed by atoms with van der Waals surface area (Å²) < 4.78 is 18.9. The molecular weight excluding hydrogens is 403 g/mol. The van der Waals surface area contributed by atoms with Crippen molar-refractivity contribution < 1.29 is 13.9 Å². The van der Waals surface area contributed by atoms with Gasteiger partial charge in [0.2, 0.25) is 5.13 Å². The maximum Gasteiger partial charge on any atom is 0.268 e. The third-order valence-electron chi connectivity index (χ3n) is 4.05. The van der Waals surface area contributed by atoms with E-state index < -0.39 is 5.91 Å². The number of amides is 1. The lowest BCUT2D eigenvalue weighted by Gasteiger charge is -2.10. The predicted molar refractivity (Wildman–Crippen MR) is 113 cm³/mol. The van der Waals surface area contributed by atoms with Crippen LogP contribution in [0.1, 0.15) is 35.9 Å². The molecule has 0 saturated carbocycles. The van der Waals surface area contributed by atoms with E-state index in [1.807, 2.05) is 19.9 Å². The van der Waals surface area contributed by atoms with Gasteiger partial charge in [-0.3, -0.25) is 10.1 Å². The van der Waals surface area contributed by atoms with Gasteiger partial charge in [-0.05, 0) is 29.8 Å². The topological polar surface area (TPSA) is 87.9 Å². The van der Waals surface area contributed by atoms with Crippen molar-refractivity contribution >= 4 is 28.5 Å². The van der Waals surface area contributed by atoms with Gasteiger partial charge >= 0.3 is 0 Å². The van der Waals surface area contributed by atoms with Gasteiger partial charge in [0.1, 0.15) is 34.8 Å². The molecule has 152 valence electrons. The van der Waals surface area contributed by atoms with Gasteiger partial charge in [0, 0.05) is 11.5 Å². The second-order valence-electron chi connectivity index (χ2n) is 6.68.